The van der Waals surface area contributed by atoms with Gasteiger partial charge in [-0.2, -0.15) is 14.9 Å². The van der Waals surface area contributed by atoms with Gasteiger partial charge in [0.15, 0.2) is 0 Å². The molecule has 0 saturated carbocycles. The van der Waals surface area contributed by atoms with Gasteiger partial charge < -0.3 is 0 Å². The van der Waals surface area contributed by atoms with Crippen molar-refractivity contribution >= 4 is 49.3 Å². The van der Waals surface area contributed by atoms with E-state index in [-0.39, 0.29) is 5.56 Å². The molecule has 9 heteroatoms. The molecular formula is C25H18N6OS2. The minimum atomic E-state index is -0.213. The molecule has 0 saturated heterocycles. The number of benzene rings is 1. The summed E-state index contributed by atoms with van der Waals surface area (Å²) in [5, 5.41) is 12.2. The average molecular weight is 483 g/mol. The Bertz CT molecular complexity index is 1740. The van der Waals surface area contributed by atoms with Crippen molar-refractivity contribution in [3.63, 3.8) is 0 Å². The quantitative estimate of drug-likeness (QED) is 0.314. The van der Waals surface area contributed by atoms with E-state index in [0.717, 1.165) is 43.3 Å². The molecule has 6 aromatic rings. The van der Waals surface area contributed by atoms with E-state index in [2.05, 4.69) is 15.1 Å². The molecule has 6 rings (SSSR count). The fourth-order valence-electron chi connectivity index (χ4n) is 3.97. The number of thiophene rings is 2. The Hall–Kier alpha value is -3.95. The molecule has 0 atom stereocenters. The fourth-order valence-corrected chi connectivity index (χ4v) is 5.87. The number of para-hydroxylation sites is 1. The Morgan fingerprint density at radius 1 is 1.09 bits per heavy atom. The predicted molar refractivity (Wildman–Crippen MR) is 139 cm³/mol. The summed E-state index contributed by atoms with van der Waals surface area (Å²) in [5.74, 6) is 0. The molecule has 0 spiro atoms. The largest absolute Gasteiger partial charge is 0.291 e. The van der Waals surface area contributed by atoms with Crippen LogP contribution in [0.3, 0.4) is 0 Å². The van der Waals surface area contributed by atoms with Crippen LogP contribution in [0.5, 0.6) is 0 Å². The maximum atomic E-state index is 13.2. The van der Waals surface area contributed by atoms with Gasteiger partial charge in [-0.05, 0) is 49.1 Å². The molecule has 5 aromatic heterocycles. The Labute approximate surface area is 202 Å². The SMILES string of the molecule is Cc1cc(C)c2c(n1)sc1c(=O)n(/N=C\c3cn(-c4ccccc4)nc3-c3cccs3)cnc12. The van der Waals surface area contributed by atoms with Gasteiger partial charge in [-0.25, -0.2) is 14.6 Å². The van der Waals surface area contributed by atoms with E-state index in [4.69, 9.17) is 5.10 Å². The lowest BCUT2D eigenvalue weighted by Gasteiger charge is -1.99. The van der Waals surface area contributed by atoms with Crippen molar-refractivity contribution in [2.75, 3.05) is 0 Å². The molecule has 34 heavy (non-hydrogen) atoms. The highest BCUT2D eigenvalue weighted by Crippen LogP contribution is 2.31. The maximum absolute atomic E-state index is 13.2. The van der Waals surface area contributed by atoms with Crippen molar-refractivity contribution in [3.8, 4) is 16.3 Å². The molecule has 0 fully saturated rings. The number of rotatable bonds is 4. The highest BCUT2D eigenvalue weighted by Gasteiger charge is 2.15. The summed E-state index contributed by atoms with van der Waals surface area (Å²) in [4.78, 5) is 24.2. The summed E-state index contributed by atoms with van der Waals surface area (Å²) in [6.45, 7) is 3.97. The van der Waals surface area contributed by atoms with Crippen LogP contribution in [0, 0.1) is 13.8 Å². The van der Waals surface area contributed by atoms with Crippen LogP contribution in [0.1, 0.15) is 16.8 Å². The molecule has 0 N–H and O–H groups in total. The number of hydrogen-bond donors (Lipinski definition) is 0. The highest BCUT2D eigenvalue weighted by molar-refractivity contribution is 7.25. The van der Waals surface area contributed by atoms with Crippen molar-refractivity contribution in [1.82, 2.24) is 24.4 Å². The lowest BCUT2D eigenvalue weighted by atomic mass is 10.1. The van der Waals surface area contributed by atoms with E-state index in [0.29, 0.717) is 10.2 Å². The van der Waals surface area contributed by atoms with Crippen LogP contribution in [-0.4, -0.2) is 30.6 Å². The van der Waals surface area contributed by atoms with Crippen molar-refractivity contribution in [2.45, 2.75) is 13.8 Å². The third kappa shape index (κ3) is 3.46. The predicted octanol–water partition coefficient (Wildman–Crippen LogP) is 5.42. The van der Waals surface area contributed by atoms with E-state index in [1.165, 1.54) is 22.3 Å². The third-order valence-electron chi connectivity index (χ3n) is 5.50. The van der Waals surface area contributed by atoms with Crippen LogP contribution in [-0.2, 0) is 0 Å². The van der Waals surface area contributed by atoms with Gasteiger partial charge in [-0.15, -0.1) is 22.7 Å². The molecule has 0 aliphatic heterocycles. The van der Waals surface area contributed by atoms with Crippen LogP contribution in [0.25, 0.3) is 36.7 Å². The minimum Gasteiger partial charge on any atom is -0.266 e. The summed E-state index contributed by atoms with van der Waals surface area (Å²) in [6.07, 6.45) is 5.05. The van der Waals surface area contributed by atoms with Gasteiger partial charge in [-0.1, -0.05) is 24.3 Å². The lowest BCUT2D eigenvalue weighted by Crippen LogP contribution is -2.15. The number of aryl methyl sites for hydroxylation is 2. The molecule has 166 valence electrons. The Morgan fingerprint density at radius 3 is 2.74 bits per heavy atom. The van der Waals surface area contributed by atoms with Gasteiger partial charge in [0.2, 0.25) is 0 Å². The van der Waals surface area contributed by atoms with E-state index in [9.17, 15) is 4.79 Å². The van der Waals surface area contributed by atoms with Crippen LogP contribution in [0.15, 0.2) is 76.3 Å². The topological polar surface area (TPSA) is 78.0 Å². The molecule has 0 aliphatic rings. The molecule has 0 aliphatic carbocycles. The van der Waals surface area contributed by atoms with Crippen molar-refractivity contribution < 1.29 is 0 Å². The van der Waals surface area contributed by atoms with Crippen LogP contribution in [0.2, 0.25) is 0 Å². The Balaban J connectivity index is 1.46. The first-order valence-corrected chi connectivity index (χ1v) is 12.3. The first-order chi connectivity index (χ1) is 16.6. The number of nitrogens with zero attached hydrogens (tertiary/aromatic N) is 6. The monoisotopic (exact) mass is 482 g/mol. The van der Waals surface area contributed by atoms with E-state index >= 15 is 0 Å². The van der Waals surface area contributed by atoms with Gasteiger partial charge in [0, 0.05) is 22.8 Å². The number of fused-ring (bicyclic) bond motifs is 3. The van der Waals surface area contributed by atoms with Gasteiger partial charge in [0.05, 0.1) is 22.3 Å². The first-order valence-electron chi connectivity index (χ1n) is 10.6. The second kappa shape index (κ2) is 8.12. The summed E-state index contributed by atoms with van der Waals surface area (Å²) in [6, 6.07) is 15.9. The van der Waals surface area contributed by atoms with Crippen molar-refractivity contribution in [2.24, 2.45) is 5.10 Å². The summed E-state index contributed by atoms with van der Waals surface area (Å²) < 4.78 is 3.65. The summed E-state index contributed by atoms with van der Waals surface area (Å²) in [7, 11) is 0. The summed E-state index contributed by atoms with van der Waals surface area (Å²) >= 11 is 2.97. The van der Waals surface area contributed by atoms with Gasteiger partial charge >= 0.3 is 0 Å². The zero-order chi connectivity index (χ0) is 23.2. The van der Waals surface area contributed by atoms with Crippen LogP contribution < -0.4 is 5.56 Å². The Kier molecular flexibility index (Phi) is 4.93. The van der Waals surface area contributed by atoms with Gasteiger partial charge in [-0.3, -0.25) is 4.79 Å². The number of aromatic nitrogens is 5. The molecule has 1 aromatic carbocycles. The molecule has 0 radical (unpaired) electrons. The molecule has 0 amide bonds. The van der Waals surface area contributed by atoms with Crippen LogP contribution >= 0.6 is 22.7 Å². The summed E-state index contributed by atoms with van der Waals surface area (Å²) in [5.41, 5.74) is 5.02. The smallest absolute Gasteiger partial charge is 0.266 e. The molecule has 0 bridgehead atoms. The number of hydrogen-bond acceptors (Lipinski definition) is 7. The zero-order valence-corrected chi connectivity index (χ0v) is 20.0. The fraction of sp³-hybridized carbons (Fsp3) is 0.0800. The van der Waals surface area contributed by atoms with E-state index in [1.807, 2.05) is 78.6 Å². The minimum absolute atomic E-state index is 0.213. The first kappa shape index (κ1) is 20.6. The van der Waals surface area contributed by atoms with Crippen LogP contribution in [0.4, 0.5) is 0 Å². The lowest BCUT2D eigenvalue weighted by molar-refractivity contribution is 0.819. The molecular weight excluding hydrogens is 464 g/mol. The third-order valence-corrected chi connectivity index (χ3v) is 7.44. The Morgan fingerprint density at radius 2 is 1.94 bits per heavy atom. The molecule has 0 unspecified atom stereocenters. The normalized spacial score (nSPS) is 11.8. The zero-order valence-electron chi connectivity index (χ0n) is 18.3. The van der Waals surface area contributed by atoms with E-state index < -0.39 is 0 Å². The van der Waals surface area contributed by atoms with Crippen molar-refractivity contribution in [1.29, 1.82) is 0 Å². The average Bonchev–Trinajstić information content (AvgIpc) is 3.57. The van der Waals surface area contributed by atoms with E-state index in [1.54, 1.807) is 17.6 Å². The number of pyridine rings is 1. The molecule has 7 nitrogen and oxygen atoms in total. The van der Waals surface area contributed by atoms with Crippen molar-refractivity contribution in [3.05, 3.63) is 93.6 Å². The van der Waals surface area contributed by atoms with Gasteiger partial charge in [0.25, 0.3) is 5.56 Å². The van der Waals surface area contributed by atoms with Gasteiger partial charge in [0.1, 0.15) is 21.6 Å². The second-order valence-corrected chi connectivity index (χ2v) is 9.82. The highest BCUT2D eigenvalue weighted by atomic mass is 32.1. The maximum Gasteiger partial charge on any atom is 0.291 e. The molecule has 5 heterocycles. The second-order valence-electron chi connectivity index (χ2n) is 7.87. The standard InChI is InChI=1S/C25H18N6OS2/c1-15-11-16(2)28-24-20(15)22-23(34-24)25(32)31(14-26-22)27-12-17-13-30(18-7-4-3-5-8-18)29-21(17)19-9-6-10-33-19/h3-14H,1-2H3/b27-12-.